The molecule has 0 atom stereocenters. The summed E-state index contributed by atoms with van der Waals surface area (Å²) in [5.74, 6) is 0.970. The van der Waals surface area contributed by atoms with Gasteiger partial charge >= 0.3 is 0 Å². The van der Waals surface area contributed by atoms with Crippen molar-refractivity contribution in [2.24, 2.45) is 0 Å². The smallest absolute Gasteiger partial charge is 0.152 e. The van der Waals surface area contributed by atoms with E-state index in [0.29, 0.717) is 33.1 Å². The average Bonchev–Trinajstić information content (AvgIpc) is 2.28. The predicted octanol–water partition coefficient (Wildman–Crippen LogP) is 3.14. The first kappa shape index (κ1) is 12.1. The summed E-state index contributed by atoms with van der Waals surface area (Å²) in [5, 5.41) is 1.30. The predicted molar refractivity (Wildman–Crippen MR) is 69.3 cm³/mol. The molecule has 90 valence electrons. The molecule has 0 unspecified atom stereocenters. The minimum atomic E-state index is 0.285. The quantitative estimate of drug-likeness (QED) is 0.674. The van der Waals surface area contributed by atoms with Gasteiger partial charge in [-0.1, -0.05) is 23.2 Å². The summed E-state index contributed by atoms with van der Waals surface area (Å²) < 4.78 is 10.4. The van der Waals surface area contributed by atoms with E-state index in [1.165, 1.54) is 20.3 Å². The molecular weight excluding hydrogens is 263 g/mol. The highest BCUT2D eigenvalue weighted by atomic mass is 35.5. The van der Waals surface area contributed by atoms with Crippen LogP contribution in [0.4, 0.5) is 5.69 Å². The van der Waals surface area contributed by atoms with Gasteiger partial charge in [0.05, 0.1) is 30.3 Å². The van der Waals surface area contributed by atoms with Crippen molar-refractivity contribution in [3.63, 3.8) is 0 Å². The molecule has 6 heteroatoms. The van der Waals surface area contributed by atoms with Gasteiger partial charge in [0, 0.05) is 6.07 Å². The Labute approximate surface area is 108 Å². The van der Waals surface area contributed by atoms with E-state index in [2.05, 4.69) is 4.98 Å². The summed E-state index contributed by atoms with van der Waals surface area (Å²) in [6.07, 6.45) is 0. The van der Waals surface area contributed by atoms with Crippen LogP contribution in [0, 0.1) is 0 Å². The molecule has 2 aromatic rings. The molecule has 0 saturated heterocycles. The zero-order chi connectivity index (χ0) is 12.6. The van der Waals surface area contributed by atoms with Crippen LogP contribution < -0.4 is 15.2 Å². The van der Waals surface area contributed by atoms with Gasteiger partial charge in [-0.3, -0.25) is 0 Å². The number of aromatic nitrogens is 1. The molecule has 0 amide bonds. The van der Waals surface area contributed by atoms with Crippen LogP contribution in [0.2, 0.25) is 10.2 Å². The van der Waals surface area contributed by atoms with E-state index in [1.54, 1.807) is 6.07 Å². The largest absolute Gasteiger partial charge is 0.494 e. The van der Waals surface area contributed by atoms with Crippen molar-refractivity contribution in [3.05, 3.63) is 22.3 Å². The summed E-state index contributed by atoms with van der Waals surface area (Å²) >= 11 is 12.0. The molecule has 0 spiro atoms. The number of methoxy groups -OCH3 is 2. The van der Waals surface area contributed by atoms with Crippen molar-refractivity contribution in [2.45, 2.75) is 0 Å². The lowest BCUT2D eigenvalue weighted by atomic mass is 10.1. The van der Waals surface area contributed by atoms with Crippen LogP contribution in [-0.2, 0) is 0 Å². The molecule has 0 saturated carbocycles. The SMILES string of the molecule is COc1cc(N)c(OC)c2c(Cl)cc(Cl)nc12. The number of fused-ring (bicyclic) bond motifs is 1. The van der Waals surface area contributed by atoms with Crippen molar-refractivity contribution < 1.29 is 9.47 Å². The standard InChI is InChI=1S/C11H10Cl2N2O2/c1-16-7-4-6(14)11(17-2)9-5(12)3-8(13)15-10(7)9/h3-4H,14H2,1-2H3. The van der Waals surface area contributed by atoms with Crippen LogP contribution in [0.25, 0.3) is 10.9 Å². The Kier molecular flexibility index (Phi) is 3.17. The maximum atomic E-state index is 6.13. The summed E-state index contributed by atoms with van der Waals surface area (Å²) in [7, 11) is 3.04. The third kappa shape index (κ3) is 1.94. The van der Waals surface area contributed by atoms with Crippen LogP contribution in [0.1, 0.15) is 0 Å². The molecular formula is C11H10Cl2N2O2. The number of nitrogens with two attached hydrogens (primary N) is 1. The second-order valence-corrected chi connectivity index (χ2v) is 4.15. The van der Waals surface area contributed by atoms with E-state index in [0.717, 1.165) is 0 Å². The number of nitrogens with zero attached hydrogens (tertiary/aromatic N) is 1. The number of hydrogen-bond donors (Lipinski definition) is 1. The van der Waals surface area contributed by atoms with Crippen molar-refractivity contribution in [1.29, 1.82) is 0 Å². The zero-order valence-corrected chi connectivity index (χ0v) is 10.8. The van der Waals surface area contributed by atoms with Crippen LogP contribution in [0.3, 0.4) is 0 Å². The molecule has 0 aliphatic rings. The summed E-state index contributed by atoms with van der Waals surface area (Å²) in [6, 6.07) is 3.16. The van der Waals surface area contributed by atoms with Gasteiger partial charge in [0.2, 0.25) is 0 Å². The van der Waals surface area contributed by atoms with E-state index in [9.17, 15) is 0 Å². The number of ether oxygens (including phenoxy) is 2. The molecule has 1 heterocycles. The van der Waals surface area contributed by atoms with Crippen LogP contribution >= 0.6 is 23.2 Å². The first-order valence-corrected chi connectivity index (χ1v) is 5.50. The highest BCUT2D eigenvalue weighted by Crippen LogP contribution is 2.41. The Balaban J connectivity index is 2.97. The average molecular weight is 273 g/mol. The van der Waals surface area contributed by atoms with Crippen LogP contribution in [0.5, 0.6) is 11.5 Å². The van der Waals surface area contributed by atoms with Gasteiger partial charge in [-0.25, -0.2) is 4.98 Å². The van der Waals surface area contributed by atoms with E-state index < -0.39 is 0 Å². The van der Waals surface area contributed by atoms with E-state index >= 15 is 0 Å². The Morgan fingerprint density at radius 1 is 1.18 bits per heavy atom. The lowest BCUT2D eigenvalue weighted by molar-refractivity contribution is 0.411. The number of anilines is 1. The van der Waals surface area contributed by atoms with E-state index in [4.69, 9.17) is 38.4 Å². The Morgan fingerprint density at radius 3 is 2.47 bits per heavy atom. The first-order valence-electron chi connectivity index (χ1n) is 4.74. The van der Waals surface area contributed by atoms with Crippen LogP contribution in [-0.4, -0.2) is 19.2 Å². The molecule has 0 bridgehead atoms. The minimum Gasteiger partial charge on any atom is -0.494 e. The van der Waals surface area contributed by atoms with Crippen molar-refractivity contribution in [3.8, 4) is 11.5 Å². The van der Waals surface area contributed by atoms with E-state index in [-0.39, 0.29) is 5.15 Å². The van der Waals surface area contributed by atoms with Crippen molar-refractivity contribution >= 4 is 39.8 Å². The van der Waals surface area contributed by atoms with Gasteiger partial charge < -0.3 is 15.2 Å². The summed E-state index contributed by atoms with van der Waals surface area (Å²) in [5.41, 5.74) is 6.81. The zero-order valence-electron chi connectivity index (χ0n) is 9.25. The first-order chi connectivity index (χ1) is 8.08. The molecule has 2 rings (SSSR count). The Hall–Kier alpha value is -1.39. The van der Waals surface area contributed by atoms with E-state index in [1.807, 2.05) is 0 Å². The normalized spacial score (nSPS) is 10.6. The molecule has 4 nitrogen and oxygen atoms in total. The highest BCUT2D eigenvalue weighted by molar-refractivity contribution is 6.38. The number of pyridine rings is 1. The van der Waals surface area contributed by atoms with Crippen LogP contribution in [0.15, 0.2) is 12.1 Å². The third-order valence-electron chi connectivity index (χ3n) is 2.37. The lowest BCUT2D eigenvalue weighted by Gasteiger charge is -2.13. The number of hydrogen-bond acceptors (Lipinski definition) is 4. The molecule has 0 radical (unpaired) electrons. The second-order valence-electron chi connectivity index (χ2n) is 3.35. The molecule has 0 aliphatic carbocycles. The number of rotatable bonds is 2. The molecule has 1 aromatic heterocycles. The lowest BCUT2D eigenvalue weighted by Crippen LogP contribution is -1.98. The van der Waals surface area contributed by atoms with Gasteiger partial charge in [0.15, 0.2) is 5.75 Å². The van der Waals surface area contributed by atoms with Crippen molar-refractivity contribution in [2.75, 3.05) is 20.0 Å². The highest BCUT2D eigenvalue weighted by Gasteiger charge is 2.16. The van der Waals surface area contributed by atoms with Gasteiger partial charge in [0.25, 0.3) is 0 Å². The topological polar surface area (TPSA) is 57.4 Å². The molecule has 0 aliphatic heterocycles. The third-order valence-corrected chi connectivity index (χ3v) is 2.87. The molecule has 17 heavy (non-hydrogen) atoms. The Bertz CT molecular complexity index is 587. The molecule has 0 fully saturated rings. The number of nitrogen functional groups attached to an aromatic ring is 1. The van der Waals surface area contributed by atoms with Gasteiger partial charge in [-0.15, -0.1) is 0 Å². The number of benzene rings is 1. The fourth-order valence-electron chi connectivity index (χ4n) is 1.67. The second kappa shape index (κ2) is 4.47. The number of halogens is 2. The van der Waals surface area contributed by atoms with Gasteiger partial charge in [-0.2, -0.15) is 0 Å². The monoisotopic (exact) mass is 272 g/mol. The molecule has 2 N–H and O–H groups in total. The maximum Gasteiger partial charge on any atom is 0.152 e. The minimum absolute atomic E-state index is 0.285. The van der Waals surface area contributed by atoms with Crippen molar-refractivity contribution in [1.82, 2.24) is 4.98 Å². The maximum absolute atomic E-state index is 6.13. The fraction of sp³-hybridized carbons (Fsp3) is 0.182. The fourth-order valence-corrected chi connectivity index (χ4v) is 2.20. The summed E-state index contributed by atoms with van der Waals surface area (Å²) in [4.78, 5) is 4.18. The van der Waals surface area contributed by atoms with Gasteiger partial charge in [-0.05, 0) is 6.07 Å². The summed E-state index contributed by atoms with van der Waals surface area (Å²) in [6.45, 7) is 0. The van der Waals surface area contributed by atoms with Gasteiger partial charge in [0.1, 0.15) is 16.4 Å². The Morgan fingerprint density at radius 2 is 1.88 bits per heavy atom. The molecule has 1 aromatic carbocycles.